The Morgan fingerprint density at radius 2 is 1.57 bits per heavy atom. The van der Waals surface area contributed by atoms with Crippen molar-refractivity contribution < 1.29 is 19.7 Å². The molecule has 0 amide bonds. The molecule has 0 saturated carbocycles. The van der Waals surface area contributed by atoms with Crippen LogP contribution in [0.4, 0.5) is 0 Å². The van der Waals surface area contributed by atoms with E-state index in [4.69, 9.17) is 4.74 Å². The third-order valence-electron chi connectivity index (χ3n) is 3.27. The Kier molecular flexibility index (Phi) is 5.60. The van der Waals surface area contributed by atoms with Crippen LogP contribution in [0, 0.1) is 0 Å². The Balaban J connectivity index is 2.00. The average molecular weight is 315 g/mol. The molecule has 1 atom stereocenters. The second kappa shape index (κ2) is 7.65. The second-order valence-corrected chi connectivity index (χ2v) is 5.66. The second-order valence-electron chi connectivity index (χ2n) is 5.66. The molecule has 0 aliphatic heterocycles. The highest BCUT2D eigenvalue weighted by molar-refractivity contribution is 5.74. The molecule has 5 nitrogen and oxygen atoms in total. The molecular weight excluding hydrogens is 294 g/mol. The smallest absolute Gasteiger partial charge is 0.321 e. The third kappa shape index (κ3) is 5.30. The van der Waals surface area contributed by atoms with Gasteiger partial charge in [0.15, 0.2) is 0 Å². The van der Waals surface area contributed by atoms with Crippen molar-refractivity contribution in [1.29, 1.82) is 0 Å². The van der Waals surface area contributed by atoms with Crippen LogP contribution >= 0.6 is 0 Å². The number of nitrogens with one attached hydrogen (secondary N) is 1. The van der Waals surface area contributed by atoms with Gasteiger partial charge in [-0.15, -0.1) is 0 Å². The van der Waals surface area contributed by atoms with Crippen molar-refractivity contribution in [3.8, 4) is 17.2 Å². The molecule has 2 aromatic rings. The summed E-state index contributed by atoms with van der Waals surface area (Å²) in [5.74, 6) is 0.608. The summed E-state index contributed by atoms with van der Waals surface area (Å²) < 4.78 is 5.66. The summed E-state index contributed by atoms with van der Waals surface area (Å²) in [7, 11) is 0. The number of carboxylic acids is 1. The van der Waals surface area contributed by atoms with Gasteiger partial charge in [-0.2, -0.15) is 0 Å². The number of hydrogen-bond acceptors (Lipinski definition) is 4. The number of rotatable bonds is 7. The van der Waals surface area contributed by atoms with Gasteiger partial charge in [0.2, 0.25) is 0 Å². The number of ether oxygens (including phenoxy) is 1. The van der Waals surface area contributed by atoms with Crippen molar-refractivity contribution in [3.05, 3.63) is 54.1 Å². The summed E-state index contributed by atoms with van der Waals surface area (Å²) >= 11 is 0. The van der Waals surface area contributed by atoms with E-state index in [0.29, 0.717) is 17.9 Å². The van der Waals surface area contributed by atoms with Gasteiger partial charge in [-0.1, -0.05) is 26.0 Å². The van der Waals surface area contributed by atoms with Gasteiger partial charge in [-0.05, 0) is 48.4 Å². The highest BCUT2D eigenvalue weighted by Crippen LogP contribution is 2.23. The minimum absolute atomic E-state index is 0.105. The summed E-state index contributed by atoms with van der Waals surface area (Å²) in [6.07, 6.45) is 0.410. The van der Waals surface area contributed by atoms with Gasteiger partial charge in [0.05, 0.1) is 0 Å². The fourth-order valence-corrected chi connectivity index (χ4v) is 2.20. The third-order valence-corrected chi connectivity index (χ3v) is 3.27. The summed E-state index contributed by atoms with van der Waals surface area (Å²) in [6, 6.07) is 13.3. The molecule has 0 saturated heterocycles. The van der Waals surface area contributed by atoms with Crippen molar-refractivity contribution in [2.45, 2.75) is 32.4 Å². The molecule has 0 aliphatic rings. The molecule has 23 heavy (non-hydrogen) atoms. The van der Waals surface area contributed by atoms with Crippen LogP contribution in [0.5, 0.6) is 17.2 Å². The standard InChI is InChI=1S/C18H21NO4/c1-12(2)19-17(18(21)22)11-13-3-7-15(8-4-13)23-16-9-5-14(20)6-10-16/h3-10,12,17,19-20H,11H2,1-2H3,(H,21,22)/t17-/m0/s1. The molecule has 0 spiro atoms. The fourth-order valence-electron chi connectivity index (χ4n) is 2.20. The average Bonchev–Trinajstić information content (AvgIpc) is 2.50. The quantitative estimate of drug-likeness (QED) is 0.731. The van der Waals surface area contributed by atoms with Crippen LogP contribution in [0.2, 0.25) is 0 Å². The molecule has 0 aromatic heterocycles. The molecule has 0 fully saturated rings. The predicted octanol–water partition coefficient (Wildman–Crippen LogP) is 3.18. The first-order chi connectivity index (χ1) is 10.9. The molecular formula is C18H21NO4. The zero-order chi connectivity index (χ0) is 16.8. The van der Waals surface area contributed by atoms with Crippen molar-refractivity contribution in [2.24, 2.45) is 0 Å². The molecule has 0 heterocycles. The molecule has 122 valence electrons. The molecule has 0 unspecified atom stereocenters. The van der Waals surface area contributed by atoms with Crippen LogP contribution in [-0.4, -0.2) is 28.3 Å². The molecule has 5 heteroatoms. The van der Waals surface area contributed by atoms with E-state index in [0.717, 1.165) is 5.56 Å². The van der Waals surface area contributed by atoms with Gasteiger partial charge in [0.25, 0.3) is 0 Å². The van der Waals surface area contributed by atoms with Crippen molar-refractivity contribution >= 4 is 5.97 Å². The van der Waals surface area contributed by atoms with Gasteiger partial charge in [0.1, 0.15) is 23.3 Å². The van der Waals surface area contributed by atoms with Crippen LogP contribution < -0.4 is 10.1 Å². The minimum Gasteiger partial charge on any atom is -0.508 e. The molecule has 0 aliphatic carbocycles. The Morgan fingerprint density at radius 1 is 1.04 bits per heavy atom. The lowest BCUT2D eigenvalue weighted by atomic mass is 10.1. The summed E-state index contributed by atoms with van der Waals surface area (Å²) in [5, 5.41) is 21.5. The van der Waals surface area contributed by atoms with E-state index < -0.39 is 12.0 Å². The van der Waals surface area contributed by atoms with Gasteiger partial charge >= 0.3 is 5.97 Å². The maximum absolute atomic E-state index is 11.3. The summed E-state index contributed by atoms with van der Waals surface area (Å²) in [5.41, 5.74) is 0.920. The number of benzene rings is 2. The number of aromatic hydroxyl groups is 1. The maximum Gasteiger partial charge on any atom is 0.321 e. The Hall–Kier alpha value is -2.53. The van der Waals surface area contributed by atoms with Crippen LogP contribution in [0.3, 0.4) is 0 Å². The highest BCUT2D eigenvalue weighted by Gasteiger charge is 2.18. The summed E-state index contributed by atoms with van der Waals surface area (Å²) in [6.45, 7) is 3.84. The number of phenols is 1. The largest absolute Gasteiger partial charge is 0.508 e. The molecule has 2 rings (SSSR count). The van der Waals surface area contributed by atoms with Crippen molar-refractivity contribution in [3.63, 3.8) is 0 Å². The monoisotopic (exact) mass is 315 g/mol. The Labute approximate surface area is 135 Å². The van der Waals surface area contributed by atoms with Crippen molar-refractivity contribution in [2.75, 3.05) is 0 Å². The van der Waals surface area contributed by atoms with Crippen LogP contribution in [0.25, 0.3) is 0 Å². The Bertz CT molecular complexity index is 635. The predicted molar refractivity (Wildman–Crippen MR) is 88.0 cm³/mol. The number of hydrogen-bond donors (Lipinski definition) is 3. The zero-order valence-electron chi connectivity index (χ0n) is 13.2. The molecule has 0 radical (unpaired) electrons. The minimum atomic E-state index is -0.858. The first kappa shape index (κ1) is 16.8. The number of aliphatic carboxylic acids is 1. The SMILES string of the molecule is CC(C)N[C@@H](Cc1ccc(Oc2ccc(O)cc2)cc1)C(=O)O. The van der Waals surface area contributed by atoms with E-state index in [2.05, 4.69) is 5.32 Å². The maximum atomic E-state index is 11.3. The van der Waals surface area contributed by atoms with Gasteiger partial charge < -0.3 is 20.3 Å². The number of phenolic OH excluding ortho intramolecular Hbond substituents is 1. The lowest BCUT2D eigenvalue weighted by molar-refractivity contribution is -0.139. The lowest BCUT2D eigenvalue weighted by Crippen LogP contribution is -2.42. The van der Waals surface area contributed by atoms with E-state index in [1.165, 1.54) is 0 Å². The van der Waals surface area contributed by atoms with Crippen LogP contribution in [-0.2, 0) is 11.2 Å². The van der Waals surface area contributed by atoms with E-state index in [1.807, 2.05) is 26.0 Å². The number of carbonyl (C=O) groups is 1. The lowest BCUT2D eigenvalue weighted by Gasteiger charge is -2.17. The van der Waals surface area contributed by atoms with Gasteiger partial charge in [-0.3, -0.25) is 4.79 Å². The highest BCUT2D eigenvalue weighted by atomic mass is 16.5. The molecule has 2 aromatic carbocycles. The van der Waals surface area contributed by atoms with E-state index in [1.54, 1.807) is 36.4 Å². The van der Waals surface area contributed by atoms with Crippen LogP contribution in [0.1, 0.15) is 19.4 Å². The van der Waals surface area contributed by atoms with E-state index >= 15 is 0 Å². The van der Waals surface area contributed by atoms with Crippen LogP contribution in [0.15, 0.2) is 48.5 Å². The fraction of sp³-hybridized carbons (Fsp3) is 0.278. The van der Waals surface area contributed by atoms with Gasteiger partial charge in [-0.25, -0.2) is 0 Å². The summed E-state index contributed by atoms with van der Waals surface area (Å²) in [4.78, 5) is 11.3. The topological polar surface area (TPSA) is 78.8 Å². The van der Waals surface area contributed by atoms with Gasteiger partial charge in [0, 0.05) is 6.04 Å². The first-order valence-corrected chi connectivity index (χ1v) is 7.48. The zero-order valence-corrected chi connectivity index (χ0v) is 13.2. The normalized spacial score (nSPS) is 12.1. The molecule has 0 bridgehead atoms. The van der Waals surface area contributed by atoms with E-state index in [9.17, 15) is 15.0 Å². The number of carboxylic acid groups (broad SMARTS) is 1. The first-order valence-electron chi connectivity index (χ1n) is 7.48. The van der Waals surface area contributed by atoms with E-state index in [-0.39, 0.29) is 11.8 Å². The Morgan fingerprint density at radius 3 is 2.04 bits per heavy atom. The van der Waals surface area contributed by atoms with Crippen molar-refractivity contribution in [1.82, 2.24) is 5.32 Å². The molecule has 3 N–H and O–H groups in total.